The van der Waals surface area contributed by atoms with Gasteiger partial charge in [0.2, 0.25) is 5.91 Å². The van der Waals surface area contributed by atoms with E-state index in [1.807, 2.05) is 12.1 Å². The zero-order valence-corrected chi connectivity index (χ0v) is 33.7. The Morgan fingerprint density at radius 3 is 2.25 bits per heavy atom. The first-order valence-corrected chi connectivity index (χ1v) is 22.2. The van der Waals surface area contributed by atoms with Gasteiger partial charge in [-0.1, -0.05) is 52.8 Å². The first-order valence-electron chi connectivity index (χ1n) is 20.4. The van der Waals surface area contributed by atoms with Crippen LogP contribution in [0.2, 0.25) is 0 Å². The minimum Gasteiger partial charge on any atom is -0.478 e. The van der Waals surface area contributed by atoms with E-state index in [2.05, 4.69) is 63.2 Å². The molecule has 3 N–H and O–H groups in total. The molecule has 4 saturated carbocycles. The van der Waals surface area contributed by atoms with Crippen LogP contribution in [0.3, 0.4) is 0 Å². The van der Waals surface area contributed by atoms with Crippen LogP contribution in [0.25, 0.3) is 5.57 Å². The zero-order chi connectivity index (χ0) is 37.5. The van der Waals surface area contributed by atoms with E-state index in [1.165, 1.54) is 37.7 Å². The number of nitrogens with zero attached hydrogens (tertiary/aromatic N) is 1. The standard InChI is InChI=1S/C43H65N3O5S/c1-28(45-29(2)47)32-14-19-43(44-22-23-46-24-26-52(50,51)27-25-46)21-20-41(6)34(37(32)43)12-13-36-40(5)17-15-33(30-8-10-31(11-9-30)38(48)49)39(3,4)35(40)16-18-42(36,41)7/h8-11,15,28,32,34-37,44H,12-14,16-27H2,1-7H3,(H,45,47)(H,48,49)/t28?,32-,34?,35-,36+,37+,40-,41+,42+,43?/m0/s1. The van der Waals surface area contributed by atoms with Gasteiger partial charge >= 0.3 is 5.97 Å². The van der Waals surface area contributed by atoms with Crippen molar-refractivity contribution in [3.8, 4) is 0 Å². The molecule has 0 spiro atoms. The average molecular weight is 736 g/mol. The number of hydrogen-bond donors (Lipinski definition) is 3. The molecule has 5 fully saturated rings. The van der Waals surface area contributed by atoms with Gasteiger partial charge < -0.3 is 20.6 Å². The van der Waals surface area contributed by atoms with E-state index in [4.69, 9.17) is 0 Å². The van der Waals surface area contributed by atoms with Crippen LogP contribution in [-0.4, -0.2) is 79.6 Å². The second-order valence-electron chi connectivity index (χ2n) is 19.4. The highest BCUT2D eigenvalue weighted by Crippen LogP contribution is 2.76. The molecule has 1 amide bonds. The maximum Gasteiger partial charge on any atom is 0.335 e. The van der Waals surface area contributed by atoms with Gasteiger partial charge in [0.25, 0.3) is 0 Å². The number of aromatic carboxylic acids is 1. The summed E-state index contributed by atoms with van der Waals surface area (Å²) in [5.41, 5.74) is 3.48. The summed E-state index contributed by atoms with van der Waals surface area (Å²) in [6.07, 6.45) is 13.1. The Kier molecular flexibility index (Phi) is 9.67. The number of carbonyl (C=O) groups is 2. The summed E-state index contributed by atoms with van der Waals surface area (Å²) in [5, 5.41) is 17.0. The van der Waals surface area contributed by atoms with E-state index < -0.39 is 15.8 Å². The average Bonchev–Trinajstić information content (AvgIpc) is 3.45. The largest absolute Gasteiger partial charge is 0.478 e. The maximum atomic E-state index is 12.4. The number of benzene rings is 1. The van der Waals surface area contributed by atoms with E-state index in [1.54, 1.807) is 19.1 Å². The molecule has 52 heavy (non-hydrogen) atoms. The molecule has 1 heterocycles. The fourth-order valence-corrected chi connectivity index (χ4v) is 15.5. The maximum absolute atomic E-state index is 12.4. The molecule has 5 aliphatic carbocycles. The van der Waals surface area contributed by atoms with Crippen LogP contribution in [0.4, 0.5) is 0 Å². The lowest BCUT2D eigenvalue weighted by Gasteiger charge is -2.72. The van der Waals surface area contributed by atoms with Gasteiger partial charge in [-0.3, -0.25) is 4.79 Å². The van der Waals surface area contributed by atoms with Crippen LogP contribution in [0.5, 0.6) is 0 Å². The number of fused-ring (bicyclic) bond motifs is 7. The molecule has 0 bridgehead atoms. The molecule has 7 rings (SSSR count). The van der Waals surface area contributed by atoms with Gasteiger partial charge in [-0.2, -0.15) is 0 Å². The number of carboxylic acid groups (broad SMARTS) is 1. The highest BCUT2D eigenvalue weighted by Gasteiger charge is 2.70. The molecule has 0 radical (unpaired) electrons. The number of allylic oxidation sites excluding steroid dienone is 2. The fourth-order valence-electron chi connectivity index (χ4n) is 14.3. The van der Waals surface area contributed by atoms with Crippen molar-refractivity contribution in [3.63, 3.8) is 0 Å². The van der Waals surface area contributed by atoms with Crippen molar-refractivity contribution in [3.05, 3.63) is 41.5 Å². The van der Waals surface area contributed by atoms with Crippen LogP contribution in [0, 0.1) is 51.2 Å². The zero-order valence-electron chi connectivity index (χ0n) is 32.9. The Labute approximate surface area is 313 Å². The van der Waals surface area contributed by atoms with Gasteiger partial charge in [0, 0.05) is 44.7 Å². The van der Waals surface area contributed by atoms with Crippen molar-refractivity contribution in [1.82, 2.24) is 15.5 Å². The number of carboxylic acids is 1. The van der Waals surface area contributed by atoms with Gasteiger partial charge in [-0.05, 0) is 139 Å². The molecule has 1 saturated heterocycles. The molecule has 6 aliphatic rings. The number of nitrogens with one attached hydrogen (secondary N) is 2. The normalized spacial score (nSPS) is 41.4. The summed E-state index contributed by atoms with van der Waals surface area (Å²) in [6, 6.07) is 7.66. The van der Waals surface area contributed by atoms with E-state index in [0.717, 1.165) is 44.3 Å². The number of hydrogen-bond acceptors (Lipinski definition) is 6. The van der Waals surface area contributed by atoms with Gasteiger partial charge in [-0.25, -0.2) is 13.2 Å². The number of sulfone groups is 1. The summed E-state index contributed by atoms with van der Waals surface area (Å²) in [7, 11) is -2.90. The third-order valence-electron chi connectivity index (χ3n) is 16.9. The van der Waals surface area contributed by atoms with Crippen LogP contribution < -0.4 is 10.6 Å². The lowest BCUT2D eigenvalue weighted by molar-refractivity contribution is -0.221. The minimum absolute atomic E-state index is 0.0225. The lowest BCUT2D eigenvalue weighted by atomic mass is 9.33. The second-order valence-corrected chi connectivity index (χ2v) is 21.7. The third kappa shape index (κ3) is 6.02. The molecule has 1 aromatic carbocycles. The van der Waals surface area contributed by atoms with Crippen molar-refractivity contribution in [2.45, 2.75) is 118 Å². The third-order valence-corrected chi connectivity index (χ3v) is 18.5. The predicted molar refractivity (Wildman–Crippen MR) is 208 cm³/mol. The summed E-state index contributed by atoms with van der Waals surface area (Å²) >= 11 is 0. The van der Waals surface area contributed by atoms with Crippen molar-refractivity contribution in [2.75, 3.05) is 37.7 Å². The van der Waals surface area contributed by atoms with Crippen LogP contribution >= 0.6 is 0 Å². The highest BCUT2D eigenvalue weighted by molar-refractivity contribution is 7.91. The van der Waals surface area contributed by atoms with E-state index >= 15 is 0 Å². The topological polar surface area (TPSA) is 116 Å². The first-order chi connectivity index (χ1) is 24.4. The summed E-state index contributed by atoms with van der Waals surface area (Å²) in [5.74, 6) is 2.38. The van der Waals surface area contributed by atoms with Gasteiger partial charge in [0.1, 0.15) is 0 Å². The quantitative estimate of drug-likeness (QED) is 0.262. The smallest absolute Gasteiger partial charge is 0.335 e. The van der Waals surface area contributed by atoms with Crippen molar-refractivity contribution in [2.24, 2.45) is 51.2 Å². The Morgan fingerprint density at radius 2 is 1.60 bits per heavy atom. The molecule has 10 atom stereocenters. The van der Waals surface area contributed by atoms with Gasteiger partial charge in [0.05, 0.1) is 17.1 Å². The Bertz CT molecular complexity index is 1690. The minimum atomic E-state index is -2.90. The molecule has 9 heteroatoms. The molecule has 0 aromatic heterocycles. The highest BCUT2D eigenvalue weighted by atomic mass is 32.2. The molecule has 3 unspecified atom stereocenters. The SMILES string of the molecule is CC(=O)NC(C)[C@@H]1CCC2(NCCN3CCS(=O)(=O)CC3)CC[C@]3(C)C(CC[C@@H]4[C@@]5(C)CC=C(c6ccc(C(=O)O)cc6)C(C)(C)[C@@H]5CC[C@]43C)[C@@H]12. The van der Waals surface area contributed by atoms with E-state index in [-0.39, 0.29) is 50.7 Å². The monoisotopic (exact) mass is 735 g/mol. The molecule has 288 valence electrons. The molecule has 1 aliphatic heterocycles. The summed E-state index contributed by atoms with van der Waals surface area (Å²) in [4.78, 5) is 26.3. The number of rotatable bonds is 8. The Balaban J connectivity index is 1.16. The predicted octanol–water partition coefficient (Wildman–Crippen LogP) is 7.06. The van der Waals surface area contributed by atoms with Crippen molar-refractivity contribution >= 4 is 27.3 Å². The summed E-state index contributed by atoms with van der Waals surface area (Å²) < 4.78 is 24.1. The molecular formula is C43H65N3O5S. The Hall–Kier alpha value is -2.23. The number of carbonyl (C=O) groups excluding carboxylic acids is 1. The van der Waals surface area contributed by atoms with E-state index in [9.17, 15) is 23.1 Å². The Morgan fingerprint density at radius 1 is 0.904 bits per heavy atom. The van der Waals surface area contributed by atoms with Crippen LogP contribution in [-0.2, 0) is 14.6 Å². The van der Waals surface area contributed by atoms with Gasteiger partial charge in [0.15, 0.2) is 9.84 Å². The van der Waals surface area contributed by atoms with E-state index in [0.29, 0.717) is 48.2 Å². The van der Waals surface area contributed by atoms with Gasteiger partial charge in [-0.15, -0.1) is 0 Å². The van der Waals surface area contributed by atoms with Crippen LogP contribution in [0.1, 0.15) is 122 Å². The first kappa shape index (κ1) is 38.1. The molecular weight excluding hydrogens is 671 g/mol. The van der Waals surface area contributed by atoms with Crippen LogP contribution in [0.15, 0.2) is 30.3 Å². The van der Waals surface area contributed by atoms with Crippen molar-refractivity contribution < 1.29 is 23.1 Å². The lowest BCUT2D eigenvalue weighted by Crippen LogP contribution is -2.68. The number of amides is 1. The second kappa shape index (κ2) is 13.2. The molecule has 1 aromatic rings. The fraction of sp³-hybridized carbons (Fsp3) is 0.767. The molecule has 8 nitrogen and oxygen atoms in total. The van der Waals surface area contributed by atoms with Crippen molar-refractivity contribution in [1.29, 1.82) is 0 Å². The summed E-state index contributed by atoms with van der Waals surface area (Å²) in [6.45, 7) is 19.8.